The summed E-state index contributed by atoms with van der Waals surface area (Å²) in [5.41, 5.74) is 3.21. The highest BCUT2D eigenvalue weighted by Crippen LogP contribution is 2.42. The van der Waals surface area contributed by atoms with Gasteiger partial charge in [0.25, 0.3) is 5.91 Å². The Balaban J connectivity index is 1.53. The summed E-state index contributed by atoms with van der Waals surface area (Å²) in [6, 6.07) is 3.71. The molecule has 2 aliphatic rings. The number of H-pyrrole nitrogens is 1. The van der Waals surface area contributed by atoms with E-state index < -0.39 is 5.60 Å². The molecule has 1 amide bonds. The fourth-order valence-corrected chi connectivity index (χ4v) is 4.20. The Morgan fingerprint density at radius 2 is 1.96 bits per heavy atom. The number of ether oxygens (including phenoxy) is 2. The van der Waals surface area contributed by atoms with E-state index in [9.17, 15) is 9.90 Å². The highest BCUT2D eigenvalue weighted by atomic mass is 16.5. The van der Waals surface area contributed by atoms with Crippen molar-refractivity contribution in [3.05, 3.63) is 40.2 Å². The zero-order valence-electron chi connectivity index (χ0n) is 15.7. The lowest BCUT2D eigenvalue weighted by atomic mass is 9.94. The summed E-state index contributed by atoms with van der Waals surface area (Å²) in [4.78, 5) is 12.7. The lowest BCUT2D eigenvalue weighted by Gasteiger charge is -2.25. The van der Waals surface area contributed by atoms with Crippen molar-refractivity contribution >= 4 is 5.91 Å². The molecule has 1 unspecified atom stereocenters. The van der Waals surface area contributed by atoms with E-state index in [4.69, 9.17) is 9.47 Å². The Hall–Kier alpha value is -2.54. The Morgan fingerprint density at radius 3 is 2.74 bits per heavy atom. The number of aromatic amines is 1. The maximum atomic E-state index is 12.7. The lowest BCUT2D eigenvalue weighted by molar-refractivity contribution is 0.0367. The topological polar surface area (TPSA) is 96.5 Å². The van der Waals surface area contributed by atoms with Crippen molar-refractivity contribution in [2.24, 2.45) is 0 Å². The van der Waals surface area contributed by atoms with Crippen molar-refractivity contribution in [3.63, 3.8) is 0 Å². The van der Waals surface area contributed by atoms with Gasteiger partial charge in [-0.2, -0.15) is 5.10 Å². The molecule has 4 rings (SSSR count). The van der Waals surface area contributed by atoms with Gasteiger partial charge in [0.1, 0.15) is 5.60 Å². The highest BCUT2D eigenvalue weighted by molar-refractivity contribution is 5.94. The largest absolute Gasteiger partial charge is 0.493 e. The van der Waals surface area contributed by atoms with Crippen molar-refractivity contribution in [2.75, 3.05) is 20.8 Å². The van der Waals surface area contributed by atoms with Crippen LogP contribution in [0.15, 0.2) is 12.1 Å². The molecule has 1 heterocycles. The van der Waals surface area contributed by atoms with Crippen LogP contribution in [0, 0.1) is 0 Å². The second-order valence-electron chi connectivity index (χ2n) is 7.32. The number of aryl methyl sites for hydroxylation is 2. The molecule has 27 heavy (non-hydrogen) atoms. The number of rotatable bonds is 5. The molecule has 1 aromatic heterocycles. The molecule has 2 aromatic rings. The molecule has 0 aliphatic heterocycles. The van der Waals surface area contributed by atoms with Crippen molar-refractivity contribution in [3.8, 4) is 11.5 Å². The third-order valence-corrected chi connectivity index (χ3v) is 5.73. The van der Waals surface area contributed by atoms with Gasteiger partial charge in [-0.05, 0) is 61.8 Å². The molecule has 1 aromatic carbocycles. The zero-order valence-corrected chi connectivity index (χ0v) is 15.7. The average Bonchev–Trinajstić information content (AvgIpc) is 3.27. The summed E-state index contributed by atoms with van der Waals surface area (Å²) >= 11 is 0. The minimum absolute atomic E-state index is 0.135. The molecule has 2 aliphatic carbocycles. The van der Waals surface area contributed by atoms with E-state index in [1.54, 1.807) is 14.2 Å². The number of nitrogens with zero attached hydrogens (tertiary/aromatic N) is 1. The number of aromatic nitrogens is 2. The predicted octanol–water partition coefficient (Wildman–Crippen LogP) is 1.87. The number of hydrogen-bond donors (Lipinski definition) is 3. The minimum Gasteiger partial charge on any atom is -0.493 e. The van der Waals surface area contributed by atoms with Gasteiger partial charge in [-0.1, -0.05) is 0 Å². The number of hydrogen-bond acceptors (Lipinski definition) is 5. The van der Waals surface area contributed by atoms with Gasteiger partial charge in [-0.15, -0.1) is 0 Å². The fraction of sp³-hybridized carbons (Fsp3) is 0.500. The molecule has 7 heteroatoms. The van der Waals surface area contributed by atoms with Gasteiger partial charge >= 0.3 is 0 Å². The van der Waals surface area contributed by atoms with E-state index in [1.807, 2.05) is 12.1 Å². The van der Waals surface area contributed by atoms with Crippen LogP contribution in [0.3, 0.4) is 0 Å². The predicted molar refractivity (Wildman–Crippen MR) is 99.3 cm³/mol. The van der Waals surface area contributed by atoms with Crippen LogP contribution in [-0.2, 0) is 24.9 Å². The first-order valence-corrected chi connectivity index (χ1v) is 9.38. The van der Waals surface area contributed by atoms with Crippen LogP contribution in [-0.4, -0.2) is 42.0 Å². The number of amides is 1. The smallest absolute Gasteiger partial charge is 0.272 e. The van der Waals surface area contributed by atoms with Crippen LogP contribution in [0.25, 0.3) is 0 Å². The van der Waals surface area contributed by atoms with Crippen molar-refractivity contribution in [1.29, 1.82) is 0 Å². The second kappa shape index (κ2) is 6.88. The second-order valence-corrected chi connectivity index (χ2v) is 7.32. The van der Waals surface area contributed by atoms with Gasteiger partial charge in [0, 0.05) is 11.3 Å². The van der Waals surface area contributed by atoms with Crippen molar-refractivity contribution in [2.45, 2.75) is 44.1 Å². The highest BCUT2D eigenvalue weighted by Gasteiger charge is 2.38. The van der Waals surface area contributed by atoms with Crippen molar-refractivity contribution in [1.82, 2.24) is 15.5 Å². The molecule has 1 atom stereocenters. The molecule has 0 bridgehead atoms. The fourth-order valence-electron chi connectivity index (χ4n) is 4.20. The summed E-state index contributed by atoms with van der Waals surface area (Å²) in [7, 11) is 3.16. The first kappa shape index (κ1) is 17.9. The molecule has 7 nitrogen and oxygen atoms in total. The summed E-state index contributed by atoms with van der Waals surface area (Å²) in [5, 5.41) is 21.2. The van der Waals surface area contributed by atoms with Gasteiger partial charge in [0.2, 0.25) is 0 Å². The summed E-state index contributed by atoms with van der Waals surface area (Å²) in [6.45, 7) is 0.135. The Bertz CT molecular complexity index is 876. The molecular weight excluding hydrogens is 346 g/mol. The monoisotopic (exact) mass is 371 g/mol. The number of aliphatic hydroxyl groups is 1. The van der Waals surface area contributed by atoms with Crippen LogP contribution in [0.2, 0.25) is 0 Å². The number of carbonyl (C=O) groups excluding carboxylic acids is 1. The van der Waals surface area contributed by atoms with E-state index in [2.05, 4.69) is 15.5 Å². The van der Waals surface area contributed by atoms with E-state index in [1.165, 1.54) is 0 Å². The summed E-state index contributed by atoms with van der Waals surface area (Å²) < 4.78 is 10.7. The molecular formula is C20H25N3O4. The van der Waals surface area contributed by atoms with E-state index in [-0.39, 0.29) is 12.5 Å². The first-order chi connectivity index (χ1) is 13.1. The number of benzene rings is 1. The van der Waals surface area contributed by atoms with Gasteiger partial charge < -0.3 is 19.9 Å². The molecule has 0 saturated heterocycles. The maximum absolute atomic E-state index is 12.7. The number of nitrogens with one attached hydrogen (secondary N) is 2. The lowest BCUT2D eigenvalue weighted by Crippen LogP contribution is -2.39. The van der Waals surface area contributed by atoms with Gasteiger partial charge in [0.15, 0.2) is 17.2 Å². The van der Waals surface area contributed by atoms with Gasteiger partial charge in [-0.3, -0.25) is 9.89 Å². The van der Waals surface area contributed by atoms with E-state index in [0.29, 0.717) is 23.6 Å². The van der Waals surface area contributed by atoms with Gasteiger partial charge in [0.05, 0.1) is 20.8 Å². The quantitative estimate of drug-likeness (QED) is 0.746. The maximum Gasteiger partial charge on any atom is 0.272 e. The standard InChI is InChI=1S/C20H25N3O4/c1-26-16-9-12-7-8-20(25,14(12)10-17(16)27-2)11-21-19(24)18-13-5-3-4-6-15(13)22-23-18/h9-10,25H,3-8,11H2,1-2H3,(H,21,24)(H,22,23). The van der Waals surface area contributed by atoms with Crippen LogP contribution in [0.1, 0.15) is 52.1 Å². The van der Waals surface area contributed by atoms with Crippen molar-refractivity contribution < 1.29 is 19.4 Å². The first-order valence-electron chi connectivity index (χ1n) is 9.38. The van der Waals surface area contributed by atoms with Crippen LogP contribution in [0.4, 0.5) is 0 Å². The van der Waals surface area contributed by atoms with E-state index in [0.717, 1.165) is 54.5 Å². The minimum atomic E-state index is -1.12. The number of fused-ring (bicyclic) bond motifs is 2. The summed E-state index contributed by atoms with van der Waals surface area (Å²) in [6.07, 6.45) is 5.27. The molecule has 0 radical (unpaired) electrons. The van der Waals surface area contributed by atoms with Gasteiger partial charge in [-0.25, -0.2) is 0 Å². The van der Waals surface area contributed by atoms with Crippen LogP contribution >= 0.6 is 0 Å². The summed E-state index contributed by atoms with van der Waals surface area (Å²) in [5.74, 6) is 0.980. The van der Waals surface area contributed by atoms with Crippen LogP contribution < -0.4 is 14.8 Å². The average molecular weight is 371 g/mol. The zero-order chi connectivity index (χ0) is 19.0. The molecule has 3 N–H and O–H groups in total. The normalized spacial score (nSPS) is 20.7. The Kier molecular flexibility index (Phi) is 4.55. The Morgan fingerprint density at radius 1 is 1.22 bits per heavy atom. The molecule has 0 spiro atoms. The molecule has 0 fully saturated rings. The van der Waals surface area contributed by atoms with Crippen LogP contribution in [0.5, 0.6) is 11.5 Å². The third-order valence-electron chi connectivity index (χ3n) is 5.73. The van der Waals surface area contributed by atoms with E-state index >= 15 is 0 Å². The third kappa shape index (κ3) is 3.06. The number of methoxy groups -OCH3 is 2. The SMILES string of the molecule is COc1cc2c(cc1OC)C(O)(CNC(=O)c1n[nH]c3c1CCCC3)CC2. The Labute approximate surface area is 158 Å². The molecule has 0 saturated carbocycles. The molecule has 144 valence electrons. The number of carbonyl (C=O) groups is 1.